The first-order chi connectivity index (χ1) is 15.5. The number of nitrogens with zero attached hydrogens (tertiary/aromatic N) is 1. The van der Waals surface area contributed by atoms with Gasteiger partial charge in [0.15, 0.2) is 0 Å². The minimum absolute atomic E-state index is 0.166. The number of aliphatic imine (C=N–C) groups is 1. The molecule has 1 amide bonds. The molecule has 0 aliphatic heterocycles. The second-order valence-electron chi connectivity index (χ2n) is 7.96. The number of hydrogen-bond acceptors (Lipinski definition) is 8. The van der Waals surface area contributed by atoms with Crippen LogP contribution in [0.3, 0.4) is 0 Å². The van der Waals surface area contributed by atoms with E-state index in [-0.39, 0.29) is 9.79 Å². The number of nitrogens with two attached hydrogens (primary N) is 1. The van der Waals surface area contributed by atoms with Crippen molar-refractivity contribution in [3.63, 3.8) is 0 Å². The number of benzene rings is 2. The number of para-hydroxylation sites is 1. The van der Waals surface area contributed by atoms with Crippen LogP contribution < -0.4 is 11.1 Å². The second kappa shape index (κ2) is 9.98. The first kappa shape index (κ1) is 24.8. The molecular formula is C23H25N3O4S3. The molecule has 0 saturated carbocycles. The monoisotopic (exact) mass is 503 g/mol. The highest BCUT2D eigenvalue weighted by Crippen LogP contribution is 2.41. The smallest absolute Gasteiger partial charge is 0.412 e. The number of ether oxygens (including phenoxy) is 1. The third-order valence-electron chi connectivity index (χ3n) is 4.32. The number of rotatable bonds is 6. The minimum atomic E-state index is -3.81. The number of carbonyl (C=O) groups excluding carboxylic acids is 1. The lowest BCUT2D eigenvalue weighted by molar-refractivity contribution is 0.0565. The molecule has 7 nitrogen and oxygen atoms in total. The molecule has 0 unspecified atom stereocenters. The molecule has 1 aromatic heterocycles. The Hall–Kier alpha value is -2.82. The molecule has 0 fully saturated rings. The summed E-state index contributed by atoms with van der Waals surface area (Å²) in [6, 6.07) is 15.5. The van der Waals surface area contributed by atoms with Crippen LogP contribution in [0.15, 0.2) is 73.6 Å². The molecule has 0 saturated heterocycles. The molecule has 2 aromatic carbocycles. The highest BCUT2D eigenvalue weighted by Gasteiger charge is 2.25. The molecule has 3 aromatic rings. The number of thiophene rings is 1. The van der Waals surface area contributed by atoms with Crippen LogP contribution in [0.4, 0.5) is 15.5 Å². The van der Waals surface area contributed by atoms with E-state index in [0.717, 1.165) is 11.1 Å². The van der Waals surface area contributed by atoms with Gasteiger partial charge in [-0.1, -0.05) is 30.3 Å². The molecule has 0 aliphatic carbocycles. The van der Waals surface area contributed by atoms with Gasteiger partial charge in [-0.05, 0) is 56.9 Å². The largest absolute Gasteiger partial charge is 0.444 e. The average molecular weight is 504 g/mol. The highest BCUT2D eigenvalue weighted by molar-refractivity contribution is 8.01. The zero-order valence-corrected chi connectivity index (χ0v) is 21.1. The summed E-state index contributed by atoms with van der Waals surface area (Å²) < 4.78 is 32.7. The van der Waals surface area contributed by atoms with Gasteiger partial charge in [-0.25, -0.2) is 18.2 Å². The number of thioether (sulfide) groups is 1. The standard InChI is InChI=1S/C23H25N3O4S3/c1-23(2,3)30-22(27)26-14-25-20-13-19(21(31-4)32-20)33(28,29)16-9-7-8-15(12-16)17-10-5-6-11-18(17)24/h5-14H,24H2,1-4H3,(H,25,26,27). The van der Waals surface area contributed by atoms with Gasteiger partial charge in [-0.2, -0.15) is 0 Å². The molecule has 0 radical (unpaired) electrons. The molecule has 0 atom stereocenters. The quantitative estimate of drug-likeness (QED) is 0.192. The number of amides is 1. The normalized spacial score (nSPS) is 12.1. The van der Waals surface area contributed by atoms with Crippen molar-refractivity contribution in [2.75, 3.05) is 12.0 Å². The maximum Gasteiger partial charge on any atom is 0.412 e. The number of nitrogen functional groups attached to an aromatic ring is 1. The summed E-state index contributed by atoms with van der Waals surface area (Å²) in [5.41, 5.74) is 7.49. The SMILES string of the molecule is CSc1sc(N=CNC(=O)OC(C)(C)C)cc1S(=O)(=O)c1cccc(-c2ccccc2N)c1. The molecule has 3 N–H and O–H groups in total. The molecular weight excluding hydrogens is 478 g/mol. The summed E-state index contributed by atoms with van der Waals surface area (Å²) in [6.45, 7) is 5.27. The van der Waals surface area contributed by atoms with Gasteiger partial charge in [-0.3, -0.25) is 5.32 Å². The predicted molar refractivity (Wildman–Crippen MR) is 135 cm³/mol. The lowest BCUT2D eigenvalue weighted by atomic mass is 10.0. The summed E-state index contributed by atoms with van der Waals surface area (Å²) in [7, 11) is -3.81. The third-order valence-corrected chi connectivity index (χ3v) is 8.53. The summed E-state index contributed by atoms with van der Waals surface area (Å²) in [5.74, 6) is 0. The van der Waals surface area contributed by atoms with Gasteiger partial charge in [0.1, 0.15) is 10.6 Å². The Morgan fingerprint density at radius 3 is 2.55 bits per heavy atom. The first-order valence-corrected chi connectivity index (χ1v) is 13.4. The zero-order chi connectivity index (χ0) is 24.2. The van der Waals surface area contributed by atoms with Crippen LogP contribution >= 0.6 is 23.1 Å². The Morgan fingerprint density at radius 2 is 1.88 bits per heavy atom. The Morgan fingerprint density at radius 1 is 1.15 bits per heavy atom. The van der Waals surface area contributed by atoms with E-state index < -0.39 is 21.5 Å². The van der Waals surface area contributed by atoms with E-state index in [0.29, 0.717) is 14.9 Å². The summed E-state index contributed by atoms with van der Waals surface area (Å²) in [5, 5.41) is 2.86. The van der Waals surface area contributed by atoms with Gasteiger partial charge < -0.3 is 10.5 Å². The average Bonchev–Trinajstić information content (AvgIpc) is 3.17. The van der Waals surface area contributed by atoms with Crippen LogP contribution in [-0.2, 0) is 14.6 Å². The summed E-state index contributed by atoms with van der Waals surface area (Å²) in [6.07, 6.45) is 2.36. The van der Waals surface area contributed by atoms with Crippen molar-refractivity contribution in [2.45, 2.75) is 40.4 Å². The number of sulfone groups is 1. The predicted octanol–water partition coefficient (Wildman–Crippen LogP) is 5.74. The second-order valence-corrected chi connectivity index (χ2v) is 12.0. The van der Waals surface area contributed by atoms with E-state index in [1.54, 1.807) is 51.3 Å². The zero-order valence-electron chi connectivity index (χ0n) is 18.7. The Labute approximate surface area is 202 Å². The first-order valence-electron chi connectivity index (χ1n) is 9.91. The van der Waals surface area contributed by atoms with E-state index in [4.69, 9.17) is 10.5 Å². The molecule has 33 heavy (non-hydrogen) atoms. The van der Waals surface area contributed by atoms with Crippen LogP contribution in [0.2, 0.25) is 0 Å². The molecule has 174 valence electrons. The van der Waals surface area contributed by atoms with Crippen molar-refractivity contribution in [3.05, 3.63) is 54.6 Å². The number of carbonyl (C=O) groups is 1. The maximum absolute atomic E-state index is 13.5. The van der Waals surface area contributed by atoms with Crippen molar-refractivity contribution in [2.24, 2.45) is 4.99 Å². The lowest BCUT2D eigenvalue weighted by Gasteiger charge is -2.18. The minimum Gasteiger partial charge on any atom is -0.444 e. The van der Waals surface area contributed by atoms with Gasteiger partial charge >= 0.3 is 6.09 Å². The van der Waals surface area contributed by atoms with Gasteiger partial charge in [0, 0.05) is 11.3 Å². The van der Waals surface area contributed by atoms with E-state index >= 15 is 0 Å². The maximum atomic E-state index is 13.5. The number of hydrogen-bond donors (Lipinski definition) is 2. The Balaban J connectivity index is 1.89. The fourth-order valence-electron chi connectivity index (χ4n) is 2.91. The molecule has 0 bridgehead atoms. The van der Waals surface area contributed by atoms with Gasteiger partial charge in [-0.15, -0.1) is 23.1 Å². The summed E-state index contributed by atoms with van der Waals surface area (Å²) in [4.78, 5) is 16.3. The lowest BCUT2D eigenvalue weighted by Crippen LogP contribution is -2.31. The van der Waals surface area contributed by atoms with Crippen molar-refractivity contribution in [3.8, 4) is 11.1 Å². The van der Waals surface area contributed by atoms with Crippen LogP contribution in [0.1, 0.15) is 20.8 Å². The van der Waals surface area contributed by atoms with Crippen molar-refractivity contribution in [1.82, 2.24) is 5.32 Å². The summed E-state index contributed by atoms with van der Waals surface area (Å²) >= 11 is 2.54. The Kier molecular flexibility index (Phi) is 7.51. The van der Waals surface area contributed by atoms with Crippen LogP contribution in [0, 0.1) is 0 Å². The van der Waals surface area contributed by atoms with Crippen LogP contribution in [0.5, 0.6) is 0 Å². The molecule has 3 rings (SSSR count). The highest BCUT2D eigenvalue weighted by atomic mass is 32.2. The van der Waals surface area contributed by atoms with E-state index in [2.05, 4.69) is 10.3 Å². The van der Waals surface area contributed by atoms with E-state index in [9.17, 15) is 13.2 Å². The molecule has 0 spiro atoms. The van der Waals surface area contributed by atoms with Gasteiger partial charge in [0.25, 0.3) is 0 Å². The number of nitrogens with one attached hydrogen (secondary N) is 1. The van der Waals surface area contributed by atoms with Crippen LogP contribution in [-0.4, -0.2) is 32.7 Å². The van der Waals surface area contributed by atoms with Gasteiger partial charge in [0.05, 0.1) is 20.3 Å². The molecule has 10 heteroatoms. The fraction of sp³-hybridized carbons (Fsp3) is 0.217. The topological polar surface area (TPSA) is 111 Å². The Bertz CT molecular complexity index is 1290. The van der Waals surface area contributed by atoms with Crippen molar-refractivity contribution >= 4 is 56.1 Å². The van der Waals surface area contributed by atoms with E-state index in [1.165, 1.54) is 35.5 Å². The third kappa shape index (κ3) is 6.16. The number of alkyl carbamates (subject to hydrolysis) is 1. The number of anilines is 1. The van der Waals surface area contributed by atoms with Crippen molar-refractivity contribution < 1.29 is 17.9 Å². The van der Waals surface area contributed by atoms with E-state index in [1.807, 2.05) is 24.3 Å². The van der Waals surface area contributed by atoms with Crippen molar-refractivity contribution in [1.29, 1.82) is 0 Å². The van der Waals surface area contributed by atoms with Crippen LogP contribution in [0.25, 0.3) is 11.1 Å². The fourth-order valence-corrected chi connectivity index (χ4v) is 6.78. The van der Waals surface area contributed by atoms with Gasteiger partial charge in [0.2, 0.25) is 9.84 Å². The molecule has 0 aliphatic rings. The molecule has 1 heterocycles.